The van der Waals surface area contributed by atoms with E-state index in [1.807, 2.05) is 0 Å². The van der Waals surface area contributed by atoms with Gasteiger partial charge in [-0.3, -0.25) is 0 Å². The summed E-state index contributed by atoms with van der Waals surface area (Å²) in [5, 5.41) is 2.82. The van der Waals surface area contributed by atoms with E-state index in [0.717, 1.165) is 12.1 Å². The fourth-order valence-corrected chi connectivity index (χ4v) is 2.14. The fraction of sp³-hybridized carbons (Fsp3) is 0.200. The van der Waals surface area contributed by atoms with Crippen LogP contribution in [0.25, 0.3) is 0 Å². The molecule has 2 nitrogen and oxygen atoms in total. The van der Waals surface area contributed by atoms with Crippen LogP contribution in [0.1, 0.15) is 17.2 Å². The normalized spacial score (nSPS) is 12.5. The highest BCUT2D eigenvalue weighted by Crippen LogP contribution is 2.32. The number of hydrogen-bond donors (Lipinski definition) is 1. The Bertz CT molecular complexity index is 618. The van der Waals surface area contributed by atoms with Crippen LogP contribution in [0.4, 0.5) is 17.6 Å². The maximum atomic E-state index is 13.9. The number of nitrogens with one attached hydrogen (secondary N) is 1. The van der Waals surface area contributed by atoms with E-state index in [1.54, 1.807) is 19.2 Å². The van der Waals surface area contributed by atoms with Gasteiger partial charge in [0.2, 0.25) is 0 Å². The molecule has 0 aliphatic heterocycles. The molecule has 2 rings (SSSR count). The van der Waals surface area contributed by atoms with Gasteiger partial charge in [-0.1, -0.05) is 24.3 Å². The van der Waals surface area contributed by atoms with E-state index in [-0.39, 0.29) is 11.3 Å². The van der Waals surface area contributed by atoms with E-state index in [0.29, 0.717) is 5.56 Å². The van der Waals surface area contributed by atoms with Gasteiger partial charge in [-0.25, -0.2) is 8.78 Å². The summed E-state index contributed by atoms with van der Waals surface area (Å²) in [5.74, 6) is -1.53. The average molecular weight is 299 g/mol. The van der Waals surface area contributed by atoms with Gasteiger partial charge in [-0.15, -0.1) is 0 Å². The van der Waals surface area contributed by atoms with Crippen LogP contribution in [0, 0.1) is 11.6 Å². The molecule has 21 heavy (non-hydrogen) atoms. The summed E-state index contributed by atoms with van der Waals surface area (Å²) in [7, 11) is 1.55. The molecule has 1 N–H and O–H groups in total. The summed E-state index contributed by atoms with van der Waals surface area (Å²) in [6.45, 7) is -2.98. The van der Waals surface area contributed by atoms with Gasteiger partial charge in [0.1, 0.15) is 17.4 Å². The lowest BCUT2D eigenvalue weighted by Crippen LogP contribution is -2.20. The number of alkyl halides is 2. The monoisotopic (exact) mass is 299 g/mol. The van der Waals surface area contributed by atoms with Crippen LogP contribution in [-0.4, -0.2) is 13.7 Å². The zero-order valence-corrected chi connectivity index (χ0v) is 11.1. The lowest BCUT2D eigenvalue weighted by molar-refractivity contribution is -0.0506. The second kappa shape index (κ2) is 6.58. The molecule has 2 aromatic rings. The highest BCUT2D eigenvalue weighted by Gasteiger charge is 2.21. The Kier molecular flexibility index (Phi) is 4.80. The number of para-hydroxylation sites is 1. The van der Waals surface area contributed by atoms with Crippen LogP contribution < -0.4 is 10.1 Å². The quantitative estimate of drug-likeness (QED) is 0.846. The highest BCUT2D eigenvalue weighted by atomic mass is 19.3. The number of hydrogen-bond acceptors (Lipinski definition) is 2. The zero-order chi connectivity index (χ0) is 15.4. The first-order chi connectivity index (χ1) is 10.0. The molecular formula is C15H13F4NO. The van der Waals surface area contributed by atoms with Gasteiger partial charge in [0.25, 0.3) is 0 Å². The van der Waals surface area contributed by atoms with Crippen molar-refractivity contribution in [2.75, 3.05) is 7.05 Å². The Morgan fingerprint density at radius 3 is 2.33 bits per heavy atom. The SMILES string of the molecule is CNC(c1ccc(F)cc1F)c1ccccc1OC(F)F. The van der Waals surface area contributed by atoms with E-state index in [9.17, 15) is 17.6 Å². The lowest BCUT2D eigenvalue weighted by atomic mass is 9.97. The van der Waals surface area contributed by atoms with E-state index >= 15 is 0 Å². The van der Waals surface area contributed by atoms with Crippen molar-refractivity contribution in [3.63, 3.8) is 0 Å². The Hall–Kier alpha value is -2.08. The van der Waals surface area contributed by atoms with E-state index in [1.165, 1.54) is 18.2 Å². The van der Waals surface area contributed by atoms with Crippen molar-refractivity contribution in [3.05, 3.63) is 65.2 Å². The van der Waals surface area contributed by atoms with Crippen LogP contribution >= 0.6 is 0 Å². The smallest absolute Gasteiger partial charge is 0.387 e. The Balaban J connectivity index is 2.46. The molecule has 0 spiro atoms. The van der Waals surface area contributed by atoms with E-state index in [4.69, 9.17) is 0 Å². The second-order valence-electron chi connectivity index (χ2n) is 4.30. The van der Waals surface area contributed by atoms with E-state index < -0.39 is 24.3 Å². The van der Waals surface area contributed by atoms with Gasteiger partial charge >= 0.3 is 6.61 Å². The Labute approximate surface area is 119 Å². The third-order valence-corrected chi connectivity index (χ3v) is 3.01. The topological polar surface area (TPSA) is 21.3 Å². The van der Waals surface area contributed by atoms with Crippen molar-refractivity contribution in [2.24, 2.45) is 0 Å². The minimum Gasteiger partial charge on any atom is -0.434 e. The molecule has 6 heteroatoms. The molecule has 0 amide bonds. The first-order valence-electron chi connectivity index (χ1n) is 6.19. The van der Waals surface area contributed by atoms with Gasteiger partial charge in [0.15, 0.2) is 0 Å². The molecule has 0 saturated heterocycles. The molecule has 1 atom stereocenters. The molecule has 0 aliphatic carbocycles. The molecule has 0 heterocycles. The van der Waals surface area contributed by atoms with Gasteiger partial charge in [0.05, 0.1) is 6.04 Å². The summed E-state index contributed by atoms with van der Waals surface area (Å²) >= 11 is 0. The molecule has 0 aliphatic rings. The first-order valence-corrected chi connectivity index (χ1v) is 6.19. The van der Waals surface area contributed by atoms with Crippen molar-refractivity contribution >= 4 is 0 Å². The van der Waals surface area contributed by atoms with Crippen LogP contribution in [0.3, 0.4) is 0 Å². The van der Waals surface area contributed by atoms with Gasteiger partial charge in [0, 0.05) is 17.2 Å². The van der Waals surface area contributed by atoms with Crippen LogP contribution in [0.5, 0.6) is 5.75 Å². The molecule has 0 aromatic heterocycles. The number of halogens is 4. The molecule has 0 bridgehead atoms. The zero-order valence-electron chi connectivity index (χ0n) is 11.1. The summed E-state index contributed by atoms with van der Waals surface area (Å²) in [5.41, 5.74) is 0.482. The molecule has 0 fully saturated rings. The Morgan fingerprint density at radius 1 is 1.00 bits per heavy atom. The van der Waals surface area contributed by atoms with Crippen LogP contribution in [-0.2, 0) is 0 Å². The highest BCUT2D eigenvalue weighted by molar-refractivity contribution is 5.42. The maximum absolute atomic E-state index is 13.9. The maximum Gasteiger partial charge on any atom is 0.387 e. The molecule has 0 radical (unpaired) electrons. The molecular weight excluding hydrogens is 286 g/mol. The lowest BCUT2D eigenvalue weighted by Gasteiger charge is -2.21. The fourth-order valence-electron chi connectivity index (χ4n) is 2.14. The van der Waals surface area contributed by atoms with Crippen molar-refractivity contribution in [3.8, 4) is 5.75 Å². The second-order valence-corrected chi connectivity index (χ2v) is 4.30. The van der Waals surface area contributed by atoms with Crippen molar-refractivity contribution in [1.29, 1.82) is 0 Å². The predicted octanol–water partition coefficient (Wildman–Crippen LogP) is 3.88. The van der Waals surface area contributed by atoms with Crippen molar-refractivity contribution < 1.29 is 22.3 Å². The Morgan fingerprint density at radius 2 is 1.71 bits per heavy atom. The minimum atomic E-state index is -2.98. The van der Waals surface area contributed by atoms with E-state index in [2.05, 4.69) is 10.1 Å². The van der Waals surface area contributed by atoms with Gasteiger partial charge in [-0.2, -0.15) is 8.78 Å². The summed E-state index contributed by atoms with van der Waals surface area (Å²) in [6, 6.07) is 8.46. The number of benzene rings is 2. The summed E-state index contributed by atoms with van der Waals surface area (Å²) < 4.78 is 56.2. The summed E-state index contributed by atoms with van der Waals surface area (Å²) in [4.78, 5) is 0. The minimum absolute atomic E-state index is 0.0597. The average Bonchev–Trinajstić information content (AvgIpc) is 2.43. The van der Waals surface area contributed by atoms with Gasteiger partial charge < -0.3 is 10.1 Å². The number of rotatable bonds is 5. The third-order valence-electron chi connectivity index (χ3n) is 3.01. The predicted molar refractivity (Wildman–Crippen MR) is 70.3 cm³/mol. The third kappa shape index (κ3) is 3.52. The standard InChI is InChI=1S/C15H13F4NO/c1-20-14(10-7-6-9(16)8-12(10)17)11-4-2-3-5-13(11)21-15(18)19/h2-8,14-15,20H,1H3. The van der Waals surface area contributed by atoms with Crippen LogP contribution in [0.15, 0.2) is 42.5 Å². The molecule has 1 unspecified atom stereocenters. The summed E-state index contributed by atoms with van der Waals surface area (Å²) in [6.07, 6.45) is 0. The van der Waals surface area contributed by atoms with Crippen molar-refractivity contribution in [2.45, 2.75) is 12.7 Å². The molecule has 112 valence electrons. The van der Waals surface area contributed by atoms with Gasteiger partial charge in [-0.05, 0) is 19.2 Å². The first kappa shape index (κ1) is 15.3. The largest absolute Gasteiger partial charge is 0.434 e. The molecule has 2 aromatic carbocycles. The molecule has 0 saturated carbocycles. The van der Waals surface area contributed by atoms with Crippen LogP contribution in [0.2, 0.25) is 0 Å². The van der Waals surface area contributed by atoms with Crippen molar-refractivity contribution in [1.82, 2.24) is 5.32 Å². The number of ether oxygens (including phenoxy) is 1.